The van der Waals surface area contributed by atoms with Gasteiger partial charge in [-0.25, -0.2) is 0 Å². The van der Waals surface area contributed by atoms with Gasteiger partial charge in [-0.3, -0.25) is 4.79 Å². The predicted octanol–water partition coefficient (Wildman–Crippen LogP) is 3.95. The zero-order chi connectivity index (χ0) is 12.6. The molecule has 1 amide bonds. The monoisotopic (exact) mass is 205 g/mol. The van der Waals surface area contributed by atoms with E-state index in [0.717, 1.165) is 13.0 Å². The molecule has 0 atom stereocenters. The second-order valence-corrected chi connectivity index (χ2v) is 1.94. The minimum atomic E-state index is 0.145. The summed E-state index contributed by atoms with van der Waals surface area (Å²) < 4.78 is 0. The van der Waals surface area contributed by atoms with Crippen LogP contribution in [0.4, 0.5) is 0 Å². The molecule has 0 saturated carbocycles. The Bertz CT molecular complexity index is 82.4. The van der Waals surface area contributed by atoms with Crippen LogP contribution in [0, 0.1) is 0 Å². The van der Waals surface area contributed by atoms with E-state index in [9.17, 15) is 4.79 Å². The average molecular weight is 205 g/mol. The fourth-order valence-electron chi connectivity index (χ4n) is 0.493. The Labute approximate surface area is 91.7 Å². The van der Waals surface area contributed by atoms with E-state index >= 15 is 0 Å². The number of nitrogens with zero attached hydrogens (tertiary/aromatic N) is 1. The number of amides is 1. The number of rotatable bonds is 2. The Morgan fingerprint density at radius 3 is 1.36 bits per heavy atom. The fourth-order valence-corrected chi connectivity index (χ4v) is 0.493. The molecule has 14 heavy (non-hydrogen) atoms. The first-order chi connectivity index (χ1) is 6.68. The molecule has 0 spiro atoms. The van der Waals surface area contributed by atoms with Crippen LogP contribution in [0.5, 0.6) is 0 Å². The average Bonchev–Trinajstić information content (AvgIpc) is 2.27. The molecule has 0 radical (unpaired) electrons. The van der Waals surface area contributed by atoms with Gasteiger partial charge in [0.2, 0.25) is 5.91 Å². The van der Waals surface area contributed by atoms with Crippen LogP contribution in [0.3, 0.4) is 0 Å². The van der Waals surface area contributed by atoms with E-state index in [1.54, 1.807) is 11.8 Å². The van der Waals surface area contributed by atoms with E-state index in [4.69, 9.17) is 0 Å². The molecular formula is C12H31NO. The lowest BCUT2D eigenvalue weighted by Gasteiger charge is -2.11. The minimum Gasteiger partial charge on any atom is -0.346 e. The van der Waals surface area contributed by atoms with Crippen molar-refractivity contribution in [3.05, 3.63) is 0 Å². The molecule has 0 aliphatic rings. The molecule has 0 heterocycles. The summed E-state index contributed by atoms with van der Waals surface area (Å²) >= 11 is 0. The summed E-state index contributed by atoms with van der Waals surface area (Å²) in [4.78, 5) is 12.2. The van der Waals surface area contributed by atoms with Gasteiger partial charge in [0.15, 0.2) is 0 Å². The molecule has 2 heteroatoms. The second-order valence-electron chi connectivity index (χ2n) is 1.94. The van der Waals surface area contributed by atoms with Crippen molar-refractivity contribution in [2.45, 2.75) is 61.8 Å². The molecule has 0 aliphatic carbocycles. The van der Waals surface area contributed by atoms with E-state index < -0.39 is 0 Å². The van der Waals surface area contributed by atoms with Crippen LogP contribution in [0.25, 0.3) is 0 Å². The summed E-state index contributed by atoms with van der Waals surface area (Å²) in [6, 6.07) is 0. The highest BCUT2D eigenvalue weighted by molar-refractivity contribution is 5.72. The van der Waals surface area contributed by atoms with Crippen molar-refractivity contribution < 1.29 is 4.79 Å². The minimum absolute atomic E-state index is 0.145. The van der Waals surface area contributed by atoms with Crippen molar-refractivity contribution in [3.63, 3.8) is 0 Å². The molecule has 2 nitrogen and oxygen atoms in total. The molecule has 0 rings (SSSR count). The Morgan fingerprint density at radius 1 is 1.00 bits per heavy atom. The Hall–Kier alpha value is -0.530. The van der Waals surface area contributed by atoms with Crippen molar-refractivity contribution in [3.8, 4) is 0 Å². The van der Waals surface area contributed by atoms with Gasteiger partial charge in [0.05, 0.1) is 0 Å². The van der Waals surface area contributed by atoms with Gasteiger partial charge in [-0.1, -0.05) is 48.5 Å². The number of hydrogen-bond donors (Lipinski definition) is 0. The first kappa shape index (κ1) is 23.4. The van der Waals surface area contributed by atoms with Gasteiger partial charge >= 0.3 is 0 Å². The molecule has 0 aromatic heterocycles. The van der Waals surface area contributed by atoms with Gasteiger partial charge in [-0.15, -0.1) is 0 Å². The van der Waals surface area contributed by atoms with Crippen molar-refractivity contribution in [1.29, 1.82) is 0 Å². The van der Waals surface area contributed by atoms with E-state index in [2.05, 4.69) is 6.92 Å². The molecule has 0 aliphatic heterocycles. The number of carbonyl (C=O) groups is 1. The third-order valence-corrected chi connectivity index (χ3v) is 1.10. The standard InChI is InChI=1S/C6H13NO.3C2H6/c1-4-5-7(3)6(2)8;3*1-2/h4-5H2,1-3H3;3*1-2H3. The normalized spacial score (nSPS) is 6.36. The summed E-state index contributed by atoms with van der Waals surface area (Å²) in [5.41, 5.74) is 0. The van der Waals surface area contributed by atoms with Gasteiger partial charge in [-0.2, -0.15) is 0 Å². The zero-order valence-electron chi connectivity index (χ0n) is 11.8. The van der Waals surface area contributed by atoms with E-state index in [1.807, 2.05) is 48.6 Å². The maximum absolute atomic E-state index is 10.5. The quantitative estimate of drug-likeness (QED) is 0.668. The fraction of sp³-hybridized carbons (Fsp3) is 0.917. The Balaban J connectivity index is -0.0000000708. The number of carbonyl (C=O) groups excluding carboxylic acids is 1. The highest BCUT2D eigenvalue weighted by atomic mass is 16.2. The number of hydrogen-bond acceptors (Lipinski definition) is 1. The lowest BCUT2D eigenvalue weighted by atomic mass is 10.4. The van der Waals surface area contributed by atoms with Crippen LogP contribution < -0.4 is 0 Å². The first-order valence-corrected chi connectivity index (χ1v) is 5.90. The van der Waals surface area contributed by atoms with Crippen LogP contribution in [0.1, 0.15) is 61.8 Å². The third kappa shape index (κ3) is 30.0. The molecule has 0 unspecified atom stereocenters. The van der Waals surface area contributed by atoms with Gasteiger partial charge in [-0.05, 0) is 6.42 Å². The predicted molar refractivity (Wildman–Crippen MR) is 67.6 cm³/mol. The van der Waals surface area contributed by atoms with Crippen LogP contribution in [-0.2, 0) is 4.79 Å². The highest BCUT2D eigenvalue weighted by Crippen LogP contribution is 1.84. The lowest BCUT2D eigenvalue weighted by Crippen LogP contribution is -2.24. The maximum Gasteiger partial charge on any atom is 0.219 e. The molecule has 0 aromatic carbocycles. The Morgan fingerprint density at radius 2 is 1.29 bits per heavy atom. The van der Waals surface area contributed by atoms with Crippen molar-refractivity contribution in [2.75, 3.05) is 13.6 Å². The van der Waals surface area contributed by atoms with Crippen LogP contribution in [0.15, 0.2) is 0 Å². The van der Waals surface area contributed by atoms with E-state index in [1.165, 1.54) is 0 Å². The SMILES string of the molecule is CC.CC.CC.CCCN(C)C(C)=O. The molecule has 0 bridgehead atoms. The molecule has 0 saturated heterocycles. The molecule has 0 fully saturated rings. The van der Waals surface area contributed by atoms with Gasteiger partial charge < -0.3 is 4.90 Å². The van der Waals surface area contributed by atoms with Crippen LogP contribution in [-0.4, -0.2) is 24.4 Å². The smallest absolute Gasteiger partial charge is 0.219 e. The lowest BCUT2D eigenvalue weighted by molar-refractivity contribution is -0.127. The van der Waals surface area contributed by atoms with Crippen LogP contribution in [0.2, 0.25) is 0 Å². The van der Waals surface area contributed by atoms with Gasteiger partial charge in [0.1, 0.15) is 0 Å². The topological polar surface area (TPSA) is 20.3 Å². The van der Waals surface area contributed by atoms with Crippen molar-refractivity contribution in [2.24, 2.45) is 0 Å². The summed E-state index contributed by atoms with van der Waals surface area (Å²) in [6.07, 6.45) is 1.04. The third-order valence-electron chi connectivity index (χ3n) is 1.10. The summed E-state index contributed by atoms with van der Waals surface area (Å²) in [6.45, 7) is 16.5. The first-order valence-electron chi connectivity index (χ1n) is 5.90. The van der Waals surface area contributed by atoms with E-state index in [0.29, 0.717) is 0 Å². The van der Waals surface area contributed by atoms with E-state index in [-0.39, 0.29) is 5.91 Å². The zero-order valence-corrected chi connectivity index (χ0v) is 11.8. The maximum atomic E-state index is 10.5. The second kappa shape index (κ2) is 29.4. The van der Waals surface area contributed by atoms with Crippen LogP contribution >= 0.6 is 0 Å². The summed E-state index contributed by atoms with van der Waals surface area (Å²) in [5, 5.41) is 0. The van der Waals surface area contributed by atoms with Gasteiger partial charge in [0.25, 0.3) is 0 Å². The molecule has 90 valence electrons. The molecule has 0 aromatic rings. The van der Waals surface area contributed by atoms with Gasteiger partial charge in [0, 0.05) is 20.5 Å². The summed E-state index contributed by atoms with van der Waals surface area (Å²) in [5.74, 6) is 0.145. The Kier molecular flexibility index (Phi) is 49.0. The van der Waals surface area contributed by atoms with Crippen molar-refractivity contribution >= 4 is 5.91 Å². The van der Waals surface area contributed by atoms with Crippen molar-refractivity contribution in [1.82, 2.24) is 4.90 Å². The largest absolute Gasteiger partial charge is 0.346 e. The summed E-state index contributed by atoms with van der Waals surface area (Å²) in [7, 11) is 1.81. The highest BCUT2D eigenvalue weighted by Gasteiger charge is 1.96. The molecular weight excluding hydrogens is 174 g/mol. The molecule has 0 N–H and O–H groups in total.